The SMILES string of the molecule is N#Cc1ccccc1NC(=O)C[NH+]1CCN(c2ccc(F)cc2)CC1. The summed E-state index contributed by atoms with van der Waals surface area (Å²) in [5, 5.41) is 11.9. The van der Waals surface area contributed by atoms with Gasteiger partial charge in [-0.2, -0.15) is 5.26 Å². The van der Waals surface area contributed by atoms with Crippen LogP contribution in [-0.4, -0.2) is 38.6 Å². The Morgan fingerprint density at radius 3 is 2.52 bits per heavy atom. The molecule has 1 saturated heterocycles. The van der Waals surface area contributed by atoms with E-state index in [2.05, 4.69) is 16.3 Å². The van der Waals surface area contributed by atoms with Gasteiger partial charge in [0, 0.05) is 5.69 Å². The number of anilines is 2. The van der Waals surface area contributed by atoms with Crippen molar-refractivity contribution in [3.63, 3.8) is 0 Å². The van der Waals surface area contributed by atoms with Gasteiger partial charge in [0.2, 0.25) is 0 Å². The zero-order valence-electron chi connectivity index (χ0n) is 13.8. The van der Waals surface area contributed by atoms with Crippen molar-refractivity contribution in [1.29, 1.82) is 5.26 Å². The summed E-state index contributed by atoms with van der Waals surface area (Å²) in [6, 6.07) is 15.6. The lowest BCUT2D eigenvalue weighted by molar-refractivity contribution is -0.892. The molecule has 0 aromatic heterocycles. The molecular formula is C19H20FN4O+. The van der Waals surface area contributed by atoms with Crippen LogP contribution < -0.4 is 15.1 Å². The van der Waals surface area contributed by atoms with E-state index in [1.54, 1.807) is 36.4 Å². The van der Waals surface area contributed by atoms with Crippen molar-refractivity contribution in [1.82, 2.24) is 0 Å². The molecule has 1 fully saturated rings. The Kier molecular flexibility index (Phi) is 5.26. The topological polar surface area (TPSA) is 60.6 Å². The second kappa shape index (κ2) is 7.77. The van der Waals surface area contributed by atoms with Gasteiger partial charge in [-0.15, -0.1) is 0 Å². The quantitative estimate of drug-likeness (QED) is 0.875. The highest BCUT2D eigenvalue weighted by Gasteiger charge is 2.22. The Labute approximate surface area is 146 Å². The predicted octanol–water partition coefficient (Wildman–Crippen LogP) is 1.04. The molecule has 0 atom stereocenters. The maximum Gasteiger partial charge on any atom is 0.279 e. The van der Waals surface area contributed by atoms with Gasteiger partial charge in [-0.3, -0.25) is 4.79 Å². The van der Waals surface area contributed by atoms with E-state index in [9.17, 15) is 9.18 Å². The monoisotopic (exact) mass is 339 g/mol. The van der Waals surface area contributed by atoms with Crippen LogP contribution in [0.2, 0.25) is 0 Å². The molecule has 0 radical (unpaired) electrons. The molecule has 2 aromatic rings. The van der Waals surface area contributed by atoms with E-state index in [4.69, 9.17) is 5.26 Å². The van der Waals surface area contributed by atoms with Crippen molar-refractivity contribution >= 4 is 17.3 Å². The molecule has 2 aromatic carbocycles. The summed E-state index contributed by atoms with van der Waals surface area (Å²) < 4.78 is 13.0. The van der Waals surface area contributed by atoms with Gasteiger partial charge in [0.25, 0.3) is 5.91 Å². The number of hydrogen-bond donors (Lipinski definition) is 2. The van der Waals surface area contributed by atoms with E-state index in [0.717, 1.165) is 31.9 Å². The highest BCUT2D eigenvalue weighted by molar-refractivity contribution is 5.92. The Morgan fingerprint density at radius 1 is 1.16 bits per heavy atom. The fourth-order valence-electron chi connectivity index (χ4n) is 3.02. The molecule has 1 amide bonds. The number of rotatable bonds is 4. The minimum atomic E-state index is -0.234. The highest BCUT2D eigenvalue weighted by Crippen LogP contribution is 2.15. The number of piperazine rings is 1. The summed E-state index contributed by atoms with van der Waals surface area (Å²) in [5.41, 5.74) is 2.03. The minimum absolute atomic E-state index is 0.0899. The number of hydrogen-bond acceptors (Lipinski definition) is 3. The molecule has 1 aliphatic heterocycles. The zero-order chi connectivity index (χ0) is 17.6. The van der Waals surface area contributed by atoms with Crippen LogP contribution in [0.5, 0.6) is 0 Å². The number of amides is 1. The number of quaternary nitrogens is 1. The molecule has 0 bridgehead atoms. The normalized spacial score (nSPS) is 14.8. The molecule has 2 N–H and O–H groups in total. The van der Waals surface area contributed by atoms with Gasteiger partial charge in [0.15, 0.2) is 6.54 Å². The molecular weight excluding hydrogens is 319 g/mol. The van der Waals surface area contributed by atoms with Gasteiger partial charge >= 0.3 is 0 Å². The Balaban J connectivity index is 1.51. The van der Waals surface area contributed by atoms with Gasteiger partial charge in [-0.1, -0.05) is 12.1 Å². The van der Waals surface area contributed by atoms with Gasteiger partial charge in [-0.25, -0.2) is 4.39 Å². The van der Waals surface area contributed by atoms with Crippen LogP contribution in [0, 0.1) is 17.1 Å². The first-order valence-electron chi connectivity index (χ1n) is 8.29. The maximum absolute atomic E-state index is 13.0. The molecule has 6 heteroatoms. The standard InChI is InChI=1S/C19H19FN4O/c20-16-5-7-17(8-6-16)24-11-9-23(10-12-24)14-19(25)22-18-4-2-1-3-15(18)13-21/h1-8H,9-12,14H2,(H,22,25)/p+1. The zero-order valence-corrected chi connectivity index (χ0v) is 13.8. The van der Waals surface area contributed by atoms with Crippen LogP contribution in [0.4, 0.5) is 15.8 Å². The summed E-state index contributed by atoms with van der Waals surface area (Å²) in [6.45, 7) is 3.69. The van der Waals surface area contributed by atoms with Crippen LogP contribution in [-0.2, 0) is 4.79 Å². The van der Waals surface area contributed by atoms with Crippen LogP contribution in [0.3, 0.4) is 0 Å². The highest BCUT2D eigenvalue weighted by atomic mass is 19.1. The fourth-order valence-corrected chi connectivity index (χ4v) is 3.02. The molecule has 5 nitrogen and oxygen atoms in total. The maximum atomic E-state index is 13.0. The molecule has 3 rings (SSSR count). The van der Waals surface area contributed by atoms with E-state index in [0.29, 0.717) is 17.8 Å². The van der Waals surface area contributed by atoms with Crippen LogP contribution in [0.25, 0.3) is 0 Å². The molecule has 1 heterocycles. The van der Waals surface area contributed by atoms with Gasteiger partial charge in [0.1, 0.15) is 11.9 Å². The molecule has 25 heavy (non-hydrogen) atoms. The molecule has 1 aliphatic rings. The van der Waals surface area contributed by atoms with Gasteiger partial charge < -0.3 is 15.1 Å². The number of benzene rings is 2. The first-order valence-corrected chi connectivity index (χ1v) is 8.29. The van der Waals surface area contributed by atoms with Crippen molar-refractivity contribution in [2.45, 2.75) is 0 Å². The van der Waals surface area contributed by atoms with Crippen molar-refractivity contribution in [2.75, 3.05) is 42.9 Å². The lowest BCUT2D eigenvalue weighted by Crippen LogP contribution is -3.15. The van der Waals surface area contributed by atoms with Gasteiger partial charge in [0.05, 0.1) is 37.4 Å². The predicted molar refractivity (Wildman–Crippen MR) is 94.0 cm³/mol. The van der Waals surface area contributed by atoms with Crippen molar-refractivity contribution in [3.05, 3.63) is 59.9 Å². The number of nitriles is 1. The number of carbonyl (C=O) groups excluding carboxylic acids is 1. The lowest BCUT2D eigenvalue weighted by atomic mass is 10.2. The molecule has 0 unspecified atom stereocenters. The largest absolute Gasteiger partial charge is 0.360 e. The Bertz CT molecular complexity index is 777. The van der Waals surface area contributed by atoms with Gasteiger partial charge in [-0.05, 0) is 36.4 Å². The average molecular weight is 339 g/mol. The number of halogens is 1. The van der Waals surface area contributed by atoms with Crippen LogP contribution in [0.1, 0.15) is 5.56 Å². The lowest BCUT2D eigenvalue weighted by Gasteiger charge is -2.33. The van der Waals surface area contributed by atoms with Crippen molar-refractivity contribution in [3.8, 4) is 6.07 Å². The number of carbonyl (C=O) groups is 1. The Morgan fingerprint density at radius 2 is 1.84 bits per heavy atom. The summed E-state index contributed by atoms with van der Waals surface area (Å²) in [4.78, 5) is 15.6. The summed E-state index contributed by atoms with van der Waals surface area (Å²) >= 11 is 0. The molecule has 0 aliphatic carbocycles. The summed E-state index contributed by atoms with van der Waals surface area (Å²) in [7, 11) is 0. The second-order valence-corrected chi connectivity index (χ2v) is 6.10. The van der Waals surface area contributed by atoms with E-state index in [1.807, 2.05) is 0 Å². The van der Waals surface area contributed by atoms with E-state index in [-0.39, 0.29) is 11.7 Å². The fraction of sp³-hybridized carbons (Fsp3) is 0.263. The average Bonchev–Trinajstić information content (AvgIpc) is 2.63. The third kappa shape index (κ3) is 4.34. The first-order chi connectivity index (χ1) is 12.2. The van der Waals surface area contributed by atoms with Crippen molar-refractivity contribution < 1.29 is 14.1 Å². The number of para-hydroxylation sites is 1. The van der Waals surface area contributed by atoms with Crippen LogP contribution in [0.15, 0.2) is 48.5 Å². The van der Waals surface area contributed by atoms with Crippen LogP contribution >= 0.6 is 0 Å². The Hall–Kier alpha value is -2.91. The summed E-state index contributed by atoms with van der Waals surface area (Å²) in [5.74, 6) is -0.324. The second-order valence-electron chi connectivity index (χ2n) is 6.10. The molecule has 0 saturated carbocycles. The van der Waals surface area contributed by atoms with Crippen molar-refractivity contribution in [2.24, 2.45) is 0 Å². The minimum Gasteiger partial charge on any atom is -0.360 e. The smallest absolute Gasteiger partial charge is 0.279 e. The summed E-state index contributed by atoms with van der Waals surface area (Å²) in [6.07, 6.45) is 0. The van der Waals surface area contributed by atoms with E-state index < -0.39 is 0 Å². The molecule has 0 spiro atoms. The molecule has 128 valence electrons. The van der Waals surface area contributed by atoms with E-state index >= 15 is 0 Å². The number of nitrogens with zero attached hydrogens (tertiary/aromatic N) is 2. The first kappa shape index (κ1) is 16.9. The third-order valence-electron chi connectivity index (χ3n) is 4.39. The number of nitrogens with one attached hydrogen (secondary N) is 2. The third-order valence-corrected chi connectivity index (χ3v) is 4.39. The van der Waals surface area contributed by atoms with E-state index in [1.165, 1.54) is 17.0 Å².